The molecule has 1 fully saturated rings. The summed E-state index contributed by atoms with van der Waals surface area (Å²) >= 11 is 0. The van der Waals surface area contributed by atoms with Crippen LogP contribution in [0.15, 0.2) is 24.3 Å². The van der Waals surface area contributed by atoms with Crippen molar-refractivity contribution < 1.29 is 9.59 Å². The first-order chi connectivity index (χ1) is 8.56. The molecule has 0 saturated carbocycles. The van der Waals surface area contributed by atoms with Crippen molar-refractivity contribution >= 4 is 11.8 Å². The maximum absolute atomic E-state index is 11.6. The van der Waals surface area contributed by atoms with E-state index in [-0.39, 0.29) is 24.9 Å². The van der Waals surface area contributed by atoms with E-state index in [2.05, 4.69) is 31.3 Å². The Morgan fingerprint density at radius 2 is 1.89 bits per heavy atom. The lowest BCUT2D eigenvalue weighted by Gasteiger charge is -2.26. The fourth-order valence-electron chi connectivity index (χ4n) is 1.98. The van der Waals surface area contributed by atoms with Gasteiger partial charge in [-0.2, -0.15) is 0 Å². The van der Waals surface area contributed by atoms with Crippen molar-refractivity contribution in [3.05, 3.63) is 35.4 Å². The summed E-state index contributed by atoms with van der Waals surface area (Å²) < 4.78 is 0. The molecule has 4 nitrogen and oxygen atoms in total. The van der Waals surface area contributed by atoms with Gasteiger partial charge in [-0.3, -0.25) is 9.59 Å². The van der Waals surface area contributed by atoms with Crippen LogP contribution >= 0.6 is 0 Å². The van der Waals surface area contributed by atoms with E-state index >= 15 is 0 Å². The number of hydrogen-bond acceptors (Lipinski definition) is 2. The second kappa shape index (κ2) is 5.21. The minimum atomic E-state index is -0.0894. The van der Waals surface area contributed by atoms with E-state index < -0.39 is 0 Å². The van der Waals surface area contributed by atoms with E-state index in [4.69, 9.17) is 0 Å². The molecule has 18 heavy (non-hydrogen) atoms. The number of benzene rings is 1. The van der Waals surface area contributed by atoms with Gasteiger partial charge in [0.2, 0.25) is 11.8 Å². The highest BCUT2D eigenvalue weighted by molar-refractivity contribution is 5.92. The monoisotopic (exact) mass is 246 g/mol. The molecule has 96 valence electrons. The molecule has 1 aromatic carbocycles. The van der Waals surface area contributed by atoms with Crippen LogP contribution in [0.25, 0.3) is 0 Å². The molecular weight excluding hydrogens is 228 g/mol. The van der Waals surface area contributed by atoms with Gasteiger partial charge in [-0.15, -0.1) is 0 Å². The number of hydrogen-bond donors (Lipinski definition) is 1. The van der Waals surface area contributed by atoms with Crippen molar-refractivity contribution in [1.82, 2.24) is 10.2 Å². The summed E-state index contributed by atoms with van der Waals surface area (Å²) in [6, 6.07) is 8.20. The first-order valence-electron chi connectivity index (χ1n) is 6.19. The normalized spacial score (nSPS) is 16.1. The molecule has 0 aromatic heterocycles. The Labute approximate surface area is 107 Å². The zero-order chi connectivity index (χ0) is 13.1. The highest BCUT2D eigenvalue weighted by Gasteiger charge is 2.22. The number of nitrogens with one attached hydrogen (secondary N) is 1. The molecule has 1 N–H and O–H groups in total. The van der Waals surface area contributed by atoms with Crippen LogP contribution in [0, 0.1) is 0 Å². The summed E-state index contributed by atoms with van der Waals surface area (Å²) in [5.74, 6) is 0.386. The smallest absolute Gasteiger partial charge is 0.242 e. The Bertz CT molecular complexity index is 451. The maximum Gasteiger partial charge on any atom is 0.242 e. The van der Waals surface area contributed by atoms with E-state index in [1.54, 1.807) is 4.90 Å². The van der Waals surface area contributed by atoms with Crippen LogP contribution in [-0.2, 0) is 16.1 Å². The average Bonchev–Trinajstić information content (AvgIpc) is 2.34. The van der Waals surface area contributed by atoms with Crippen LogP contribution in [0.5, 0.6) is 0 Å². The summed E-state index contributed by atoms with van der Waals surface area (Å²) in [6.45, 7) is 5.07. The third-order valence-corrected chi connectivity index (χ3v) is 3.14. The van der Waals surface area contributed by atoms with Gasteiger partial charge in [-0.25, -0.2) is 0 Å². The molecule has 1 aromatic rings. The zero-order valence-electron chi connectivity index (χ0n) is 10.8. The molecule has 2 rings (SSSR count). The molecular formula is C14H18N2O2. The van der Waals surface area contributed by atoms with Crippen molar-refractivity contribution in [1.29, 1.82) is 0 Å². The standard InChI is InChI=1S/C14H18N2O2/c1-10(2)12-5-3-11(4-6-12)8-16-9-13(17)15-7-14(16)18/h3-6,10H,7-9H2,1-2H3,(H,15,17). The highest BCUT2D eigenvalue weighted by Crippen LogP contribution is 2.15. The fraction of sp³-hybridized carbons (Fsp3) is 0.429. The molecule has 1 heterocycles. The molecule has 1 aliphatic rings. The fourth-order valence-corrected chi connectivity index (χ4v) is 1.98. The predicted molar refractivity (Wildman–Crippen MR) is 69.0 cm³/mol. The molecule has 4 heteroatoms. The van der Waals surface area contributed by atoms with Crippen molar-refractivity contribution in [3.63, 3.8) is 0 Å². The van der Waals surface area contributed by atoms with Gasteiger partial charge in [0.25, 0.3) is 0 Å². The van der Waals surface area contributed by atoms with E-state index in [1.807, 2.05) is 12.1 Å². The summed E-state index contributed by atoms with van der Waals surface area (Å²) in [5, 5.41) is 2.54. The van der Waals surface area contributed by atoms with Gasteiger partial charge >= 0.3 is 0 Å². The third-order valence-electron chi connectivity index (χ3n) is 3.14. The molecule has 0 unspecified atom stereocenters. The van der Waals surface area contributed by atoms with Crippen LogP contribution in [0.2, 0.25) is 0 Å². The van der Waals surface area contributed by atoms with Gasteiger partial charge in [0.1, 0.15) is 0 Å². The van der Waals surface area contributed by atoms with Gasteiger partial charge in [0.15, 0.2) is 0 Å². The van der Waals surface area contributed by atoms with Crippen LogP contribution in [0.1, 0.15) is 30.9 Å². The zero-order valence-corrected chi connectivity index (χ0v) is 10.8. The van der Waals surface area contributed by atoms with Crippen molar-refractivity contribution in [2.24, 2.45) is 0 Å². The molecule has 0 atom stereocenters. The van der Waals surface area contributed by atoms with Crippen LogP contribution in [-0.4, -0.2) is 29.8 Å². The van der Waals surface area contributed by atoms with E-state index in [0.29, 0.717) is 12.5 Å². The first-order valence-corrected chi connectivity index (χ1v) is 6.19. The summed E-state index contributed by atoms with van der Waals surface area (Å²) in [4.78, 5) is 24.5. The maximum atomic E-state index is 11.6. The second-order valence-electron chi connectivity index (χ2n) is 4.92. The van der Waals surface area contributed by atoms with Gasteiger partial charge in [-0.1, -0.05) is 38.1 Å². The predicted octanol–water partition coefficient (Wildman–Crippen LogP) is 1.27. The Morgan fingerprint density at radius 3 is 2.50 bits per heavy atom. The quantitative estimate of drug-likeness (QED) is 0.873. The second-order valence-corrected chi connectivity index (χ2v) is 4.92. The molecule has 1 saturated heterocycles. The largest absolute Gasteiger partial charge is 0.345 e. The number of carbonyl (C=O) groups excluding carboxylic acids is 2. The van der Waals surface area contributed by atoms with Gasteiger partial charge in [-0.05, 0) is 17.0 Å². The molecule has 2 amide bonds. The number of piperazine rings is 1. The molecule has 1 aliphatic heterocycles. The van der Waals surface area contributed by atoms with Gasteiger partial charge in [0, 0.05) is 6.54 Å². The Morgan fingerprint density at radius 1 is 1.22 bits per heavy atom. The van der Waals surface area contributed by atoms with E-state index in [1.165, 1.54) is 5.56 Å². The lowest BCUT2D eigenvalue weighted by Crippen LogP contribution is -2.50. The lowest BCUT2D eigenvalue weighted by molar-refractivity contribution is -0.141. The number of rotatable bonds is 3. The first kappa shape index (κ1) is 12.6. The number of amides is 2. The Balaban J connectivity index is 2.04. The van der Waals surface area contributed by atoms with Crippen LogP contribution < -0.4 is 5.32 Å². The minimum absolute atomic E-state index is 0.0254. The third kappa shape index (κ3) is 2.88. The number of carbonyl (C=O) groups is 2. The van der Waals surface area contributed by atoms with Gasteiger partial charge in [0.05, 0.1) is 13.1 Å². The van der Waals surface area contributed by atoms with Crippen LogP contribution in [0.3, 0.4) is 0 Å². The number of nitrogens with zero attached hydrogens (tertiary/aromatic N) is 1. The summed E-state index contributed by atoms with van der Waals surface area (Å²) in [6.07, 6.45) is 0. The summed E-state index contributed by atoms with van der Waals surface area (Å²) in [5.41, 5.74) is 2.34. The van der Waals surface area contributed by atoms with Crippen molar-refractivity contribution in [3.8, 4) is 0 Å². The van der Waals surface area contributed by atoms with Crippen molar-refractivity contribution in [2.75, 3.05) is 13.1 Å². The average molecular weight is 246 g/mol. The molecule has 0 spiro atoms. The van der Waals surface area contributed by atoms with E-state index in [0.717, 1.165) is 5.56 Å². The lowest BCUT2D eigenvalue weighted by atomic mass is 10.0. The topological polar surface area (TPSA) is 49.4 Å². The Kier molecular flexibility index (Phi) is 3.65. The summed E-state index contributed by atoms with van der Waals surface area (Å²) in [7, 11) is 0. The SMILES string of the molecule is CC(C)c1ccc(CN2CC(=O)NCC2=O)cc1. The molecule has 0 bridgehead atoms. The molecule has 0 aliphatic carbocycles. The highest BCUT2D eigenvalue weighted by atomic mass is 16.2. The Hall–Kier alpha value is -1.84. The minimum Gasteiger partial charge on any atom is -0.345 e. The van der Waals surface area contributed by atoms with Crippen molar-refractivity contribution in [2.45, 2.75) is 26.3 Å². The van der Waals surface area contributed by atoms with Crippen LogP contribution in [0.4, 0.5) is 0 Å². The van der Waals surface area contributed by atoms with Gasteiger partial charge < -0.3 is 10.2 Å². The van der Waals surface area contributed by atoms with E-state index in [9.17, 15) is 9.59 Å². The molecule has 0 radical (unpaired) electrons.